The van der Waals surface area contributed by atoms with Gasteiger partial charge in [-0.15, -0.1) is 0 Å². The van der Waals surface area contributed by atoms with Gasteiger partial charge in [-0.1, -0.05) is 36.1 Å². The Morgan fingerprint density at radius 3 is 2.29 bits per heavy atom. The second kappa shape index (κ2) is 11.5. The topological polar surface area (TPSA) is 108 Å². The van der Waals surface area contributed by atoms with Crippen molar-refractivity contribution in [3.05, 3.63) is 93.2 Å². The Balaban J connectivity index is 1.42. The maximum atomic E-state index is 12.4. The molecule has 0 saturated carbocycles. The lowest BCUT2D eigenvalue weighted by Gasteiger charge is -2.26. The maximum absolute atomic E-state index is 12.4. The highest BCUT2D eigenvalue weighted by molar-refractivity contribution is 5.83. The third kappa shape index (κ3) is 6.35. The van der Waals surface area contributed by atoms with Crippen molar-refractivity contribution in [2.75, 3.05) is 33.4 Å². The summed E-state index contributed by atoms with van der Waals surface area (Å²) in [5.74, 6) is 4.69. The van der Waals surface area contributed by atoms with Gasteiger partial charge in [0, 0.05) is 37.8 Å². The molecule has 1 aromatic heterocycles. The summed E-state index contributed by atoms with van der Waals surface area (Å²) in [7, 11) is 1.51. The van der Waals surface area contributed by atoms with Crippen molar-refractivity contribution < 1.29 is 14.6 Å². The van der Waals surface area contributed by atoms with Gasteiger partial charge >= 0.3 is 0 Å². The molecule has 1 aliphatic rings. The molecule has 1 amide bonds. The number of carbonyl (C=O) groups is 1. The van der Waals surface area contributed by atoms with E-state index in [9.17, 15) is 14.7 Å². The molecule has 8 heteroatoms. The molecule has 1 fully saturated rings. The molecule has 1 saturated heterocycles. The predicted octanol–water partition coefficient (Wildman–Crippen LogP) is 1.78. The lowest BCUT2D eigenvalue weighted by molar-refractivity contribution is -0.122. The number of morpholine rings is 1. The first-order valence-corrected chi connectivity index (χ1v) is 11.5. The number of likely N-dealkylation sites (N-methyl/N-ethyl adjacent to an activating group) is 1. The number of H-pyrrole nitrogens is 1. The highest BCUT2D eigenvalue weighted by Crippen LogP contribution is 2.24. The van der Waals surface area contributed by atoms with E-state index in [0.29, 0.717) is 0 Å². The van der Waals surface area contributed by atoms with Crippen molar-refractivity contribution in [2.24, 2.45) is 0 Å². The number of aromatic hydroxyl groups is 1. The van der Waals surface area contributed by atoms with Crippen LogP contribution in [-0.2, 0) is 22.5 Å². The number of benzene rings is 2. The molecule has 0 radical (unpaired) electrons. The van der Waals surface area contributed by atoms with Gasteiger partial charge in [0.25, 0.3) is 5.56 Å². The van der Waals surface area contributed by atoms with Crippen molar-refractivity contribution in [3.8, 4) is 17.6 Å². The quantitative estimate of drug-likeness (QED) is 0.472. The minimum atomic E-state index is -0.796. The molecule has 3 N–H and O–H groups in total. The molecule has 3 aromatic rings. The molecule has 1 aliphatic heterocycles. The number of carbonyl (C=O) groups excluding carboxylic acids is 1. The van der Waals surface area contributed by atoms with E-state index in [1.54, 1.807) is 0 Å². The fraction of sp³-hybridized carbons (Fsp3) is 0.296. The highest BCUT2D eigenvalue weighted by atomic mass is 16.5. The Hall–Kier alpha value is -3.93. The normalized spacial score (nSPS) is 14.5. The predicted molar refractivity (Wildman–Crippen MR) is 132 cm³/mol. The number of aromatic nitrogens is 2. The van der Waals surface area contributed by atoms with Crippen molar-refractivity contribution in [2.45, 2.75) is 18.9 Å². The van der Waals surface area contributed by atoms with Crippen molar-refractivity contribution in [3.63, 3.8) is 0 Å². The summed E-state index contributed by atoms with van der Waals surface area (Å²) in [5, 5.41) is 12.7. The molecule has 8 nitrogen and oxygen atoms in total. The van der Waals surface area contributed by atoms with E-state index in [0.717, 1.165) is 49.5 Å². The third-order valence-electron chi connectivity index (χ3n) is 5.96. The van der Waals surface area contributed by atoms with Crippen LogP contribution in [0.25, 0.3) is 0 Å². The number of ether oxygens (including phenoxy) is 1. The number of nitrogens with zero attached hydrogens (tertiary/aromatic N) is 2. The first-order valence-electron chi connectivity index (χ1n) is 11.5. The number of hydrogen-bond acceptors (Lipinski definition) is 6. The Morgan fingerprint density at radius 1 is 1.09 bits per heavy atom. The number of nitrogens with one attached hydrogen (secondary N) is 2. The summed E-state index contributed by atoms with van der Waals surface area (Å²) < 4.78 is 5.40. The Morgan fingerprint density at radius 2 is 1.69 bits per heavy atom. The minimum Gasteiger partial charge on any atom is -0.502 e. The van der Waals surface area contributed by atoms with Gasteiger partial charge in [0.15, 0.2) is 0 Å². The van der Waals surface area contributed by atoms with E-state index in [4.69, 9.17) is 4.74 Å². The van der Waals surface area contributed by atoms with E-state index in [1.165, 1.54) is 18.9 Å². The molecule has 1 unspecified atom stereocenters. The monoisotopic (exact) mass is 472 g/mol. The molecular formula is C27H28N4O4. The SMILES string of the molecule is CNC(=O)C(Cc1ccc(C#Cc2ccc(CN3CCOCC3)cc2)cc1)c1nc[nH]c(=O)c1O. The molecule has 0 bridgehead atoms. The molecular weight excluding hydrogens is 444 g/mol. The second-order valence-corrected chi connectivity index (χ2v) is 8.37. The lowest BCUT2D eigenvalue weighted by atomic mass is 9.94. The fourth-order valence-corrected chi connectivity index (χ4v) is 3.96. The Kier molecular flexibility index (Phi) is 7.93. The van der Waals surface area contributed by atoms with E-state index in [1.807, 2.05) is 36.4 Å². The van der Waals surface area contributed by atoms with Crippen LogP contribution in [0.5, 0.6) is 5.75 Å². The van der Waals surface area contributed by atoms with Crippen LogP contribution in [0.15, 0.2) is 59.7 Å². The summed E-state index contributed by atoms with van der Waals surface area (Å²) in [4.78, 5) is 32.9. The van der Waals surface area contributed by atoms with Crippen LogP contribution in [-0.4, -0.2) is 59.2 Å². The summed E-state index contributed by atoms with van der Waals surface area (Å²) >= 11 is 0. The number of rotatable bonds is 6. The molecule has 180 valence electrons. The van der Waals surface area contributed by atoms with Crippen molar-refractivity contribution in [1.82, 2.24) is 20.2 Å². The van der Waals surface area contributed by atoms with Gasteiger partial charge in [-0.2, -0.15) is 0 Å². The summed E-state index contributed by atoms with van der Waals surface area (Å²) in [5.41, 5.74) is 3.28. The van der Waals surface area contributed by atoms with Gasteiger partial charge in [0.05, 0.1) is 25.5 Å². The largest absolute Gasteiger partial charge is 0.502 e. The zero-order valence-corrected chi connectivity index (χ0v) is 19.6. The zero-order valence-electron chi connectivity index (χ0n) is 19.6. The molecule has 35 heavy (non-hydrogen) atoms. The Bertz CT molecular complexity index is 1270. The average Bonchev–Trinajstić information content (AvgIpc) is 2.89. The molecule has 4 rings (SSSR count). The molecule has 2 heterocycles. The van der Waals surface area contributed by atoms with Crippen LogP contribution < -0.4 is 10.9 Å². The van der Waals surface area contributed by atoms with Gasteiger partial charge in [-0.25, -0.2) is 4.98 Å². The van der Waals surface area contributed by atoms with Crippen molar-refractivity contribution >= 4 is 5.91 Å². The summed E-state index contributed by atoms with van der Waals surface area (Å²) in [6.45, 7) is 4.42. The first-order chi connectivity index (χ1) is 17.0. The highest BCUT2D eigenvalue weighted by Gasteiger charge is 2.26. The van der Waals surface area contributed by atoms with Gasteiger partial charge in [0.1, 0.15) is 5.69 Å². The second-order valence-electron chi connectivity index (χ2n) is 8.37. The van der Waals surface area contributed by atoms with Crippen LogP contribution in [0.1, 0.15) is 33.9 Å². The number of aromatic amines is 1. The fourth-order valence-electron chi connectivity index (χ4n) is 3.96. The minimum absolute atomic E-state index is 0.0500. The van der Waals surface area contributed by atoms with E-state index in [2.05, 4.69) is 44.2 Å². The van der Waals surface area contributed by atoms with Gasteiger partial charge in [0.2, 0.25) is 11.7 Å². The van der Waals surface area contributed by atoms with E-state index < -0.39 is 17.2 Å². The molecule has 2 aromatic carbocycles. The van der Waals surface area contributed by atoms with Gasteiger partial charge < -0.3 is 20.1 Å². The zero-order chi connectivity index (χ0) is 24.6. The molecule has 0 spiro atoms. The smallest absolute Gasteiger partial charge is 0.293 e. The average molecular weight is 473 g/mol. The first kappa shape index (κ1) is 24.2. The maximum Gasteiger partial charge on any atom is 0.293 e. The van der Waals surface area contributed by atoms with Crippen LogP contribution >= 0.6 is 0 Å². The van der Waals surface area contributed by atoms with Crippen LogP contribution in [0.2, 0.25) is 0 Å². The molecule has 1 atom stereocenters. The van der Waals surface area contributed by atoms with Crippen LogP contribution in [0.4, 0.5) is 0 Å². The summed E-state index contributed by atoms with van der Waals surface area (Å²) in [6, 6.07) is 15.8. The number of hydrogen-bond donors (Lipinski definition) is 3. The molecule has 0 aliphatic carbocycles. The van der Waals surface area contributed by atoms with E-state index in [-0.39, 0.29) is 18.0 Å². The third-order valence-corrected chi connectivity index (χ3v) is 5.96. The van der Waals surface area contributed by atoms with Crippen molar-refractivity contribution in [1.29, 1.82) is 0 Å². The Labute approximate surface area is 204 Å². The van der Waals surface area contributed by atoms with Gasteiger partial charge in [-0.05, 0) is 41.8 Å². The van der Waals surface area contributed by atoms with Crippen LogP contribution in [0, 0.1) is 11.8 Å². The standard InChI is InChI=1S/C27H28N4O4/c1-28-26(33)23(24-25(32)27(34)30-18-29-24)16-21-8-4-19(5-9-21)2-3-20-6-10-22(11-7-20)17-31-12-14-35-15-13-31/h4-11,18,23,32H,12-17H2,1H3,(H,28,33)(H,29,30,34). The number of amides is 1. The summed E-state index contributed by atoms with van der Waals surface area (Å²) in [6.07, 6.45) is 1.46. The van der Waals surface area contributed by atoms with Gasteiger partial charge in [-0.3, -0.25) is 14.5 Å². The van der Waals surface area contributed by atoms with E-state index >= 15 is 0 Å². The van der Waals surface area contributed by atoms with Crippen LogP contribution in [0.3, 0.4) is 0 Å². The lowest BCUT2D eigenvalue weighted by Crippen LogP contribution is -2.35.